The second-order valence-corrected chi connectivity index (χ2v) is 6.25. The molecule has 2 unspecified atom stereocenters. The molecular formula is C18H28N2O2. The van der Waals surface area contributed by atoms with Crippen LogP contribution in [0.15, 0.2) is 30.3 Å². The summed E-state index contributed by atoms with van der Waals surface area (Å²) >= 11 is 0. The molecule has 0 aromatic heterocycles. The number of nitrogens with two attached hydrogens (primary N) is 1. The summed E-state index contributed by atoms with van der Waals surface area (Å²) in [4.78, 5) is 11.7. The van der Waals surface area contributed by atoms with Gasteiger partial charge in [-0.15, -0.1) is 0 Å². The minimum Gasteiger partial charge on any atom is -0.445 e. The van der Waals surface area contributed by atoms with Crippen molar-refractivity contribution in [1.82, 2.24) is 5.32 Å². The first-order valence-corrected chi connectivity index (χ1v) is 8.42. The first kappa shape index (κ1) is 16.8. The molecule has 0 radical (unpaired) electrons. The van der Waals surface area contributed by atoms with Crippen molar-refractivity contribution in [2.24, 2.45) is 17.6 Å². The summed E-state index contributed by atoms with van der Waals surface area (Å²) in [5.74, 6) is 1.51. The molecule has 2 atom stereocenters. The van der Waals surface area contributed by atoms with Crippen molar-refractivity contribution >= 4 is 6.09 Å². The van der Waals surface area contributed by atoms with E-state index in [1.54, 1.807) is 0 Å². The normalized spacial score (nSPS) is 21.3. The SMILES string of the molecule is NCCC1CCCC(CCNC(=O)OCc2ccccc2)C1. The number of carbonyl (C=O) groups excluding carboxylic acids is 1. The fraction of sp³-hybridized carbons (Fsp3) is 0.611. The molecule has 1 aliphatic carbocycles. The number of alkyl carbamates (subject to hydrolysis) is 1. The molecule has 1 amide bonds. The van der Waals surface area contributed by atoms with E-state index in [1.165, 1.54) is 25.7 Å². The third kappa shape index (κ3) is 6.06. The zero-order valence-electron chi connectivity index (χ0n) is 13.3. The van der Waals surface area contributed by atoms with E-state index < -0.39 is 0 Å². The van der Waals surface area contributed by atoms with E-state index in [0.717, 1.165) is 36.8 Å². The van der Waals surface area contributed by atoms with Crippen molar-refractivity contribution < 1.29 is 9.53 Å². The van der Waals surface area contributed by atoms with Gasteiger partial charge < -0.3 is 15.8 Å². The molecule has 0 saturated heterocycles. The van der Waals surface area contributed by atoms with E-state index >= 15 is 0 Å². The highest BCUT2D eigenvalue weighted by Crippen LogP contribution is 2.32. The zero-order chi connectivity index (χ0) is 15.6. The van der Waals surface area contributed by atoms with Gasteiger partial charge in [0.15, 0.2) is 0 Å². The predicted octanol–water partition coefficient (Wildman–Crippen LogP) is 3.46. The number of benzene rings is 1. The van der Waals surface area contributed by atoms with Crippen molar-refractivity contribution in [3.05, 3.63) is 35.9 Å². The van der Waals surface area contributed by atoms with Crippen LogP contribution in [0.2, 0.25) is 0 Å². The standard InChI is InChI=1S/C18H28N2O2/c19-11-9-15-7-4-8-16(13-15)10-12-20-18(21)22-14-17-5-2-1-3-6-17/h1-3,5-6,15-16H,4,7-14,19H2,(H,20,21). The van der Waals surface area contributed by atoms with Crippen LogP contribution in [0.25, 0.3) is 0 Å². The van der Waals surface area contributed by atoms with Gasteiger partial charge in [-0.1, -0.05) is 49.6 Å². The lowest BCUT2D eigenvalue weighted by atomic mass is 9.78. The average molecular weight is 304 g/mol. The minimum absolute atomic E-state index is 0.321. The maximum Gasteiger partial charge on any atom is 0.407 e. The third-order valence-corrected chi connectivity index (χ3v) is 4.50. The van der Waals surface area contributed by atoms with Crippen molar-refractivity contribution in [1.29, 1.82) is 0 Å². The number of hydrogen-bond donors (Lipinski definition) is 2. The molecule has 0 heterocycles. The zero-order valence-corrected chi connectivity index (χ0v) is 13.3. The molecule has 4 heteroatoms. The molecule has 122 valence electrons. The first-order chi connectivity index (χ1) is 10.8. The topological polar surface area (TPSA) is 64.3 Å². The Morgan fingerprint density at radius 1 is 1.18 bits per heavy atom. The highest BCUT2D eigenvalue weighted by atomic mass is 16.5. The Bertz CT molecular complexity index is 434. The molecule has 3 N–H and O–H groups in total. The predicted molar refractivity (Wildman–Crippen MR) is 88.4 cm³/mol. The van der Waals surface area contributed by atoms with E-state index in [4.69, 9.17) is 10.5 Å². The van der Waals surface area contributed by atoms with Crippen molar-refractivity contribution in [2.45, 2.75) is 45.1 Å². The van der Waals surface area contributed by atoms with Crippen LogP contribution in [0.5, 0.6) is 0 Å². The van der Waals surface area contributed by atoms with Crippen LogP contribution in [-0.2, 0) is 11.3 Å². The lowest BCUT2D eigenvalue weighted by molar-refractivity contribution is 0.138. The molecule has 0 bridgehead atoms. The summed E-state index contributed by atoms with van der Waals surface area (Å²) in [6.07, 6.45) is 7.02. The van der Waals surface area contributed by atoms with Gasteiger partial charge in [0, 0.05) is 6.54 Å². The summed E-state index contributed by atoms with van der Waals surface area (Å²) in [6, 6.07) is 9.74. The number of nitrogens with one attached hydrogen (secondary N) is 1. The monoisotopic (exact) mass is 304 g/mol. The molecule has 1 aromatic rings. The van der Waals surface area contributed by atoms with Crippen LogP contribution < -0.4 is 11.1 Å². The quantitative estimate of drug-likeness (QED) is 0.811. The second-order valence-electron chi connectivity index (χ2n) is 6.25. The summed E-state index contributed by atoms with van der Waals surface area (Å²) in [5, 5.41) is 2.86. The highest BCUT2D eigenvalue weighted by molar-refractivity contribution is 5.67. The number of hydrogen-bond acceptors (Lipinski definition) is 3. The number of ether oxygens (including phenoxy) is 1. The molecule has 1 aromatic carbocycles. The fourth-order valence-corrected chi connectivity index (χ4v) is 3.31. The lowest BCUT2D eigenvalue weighted by Gasteiger charge is -2.28. The Balaban J connectivity index is 1.58. The second kappa shape index (κ2) is 9.46. The van der Waals surface area contributed by atoms with E-state index in [2.05, 4.69) is 5.32 Å². The Kier molecular flexibility index (Phi) is 7.23. The average Bonchev–Trinajstić information content (AvgIpc) is 2.55. The van der Waals surface area contributed by atoms with Crippen LogP contribution in [0, 0.1) is 11.8 Å². The van der Waals surface area contributed by atoms with E-state index in [0.29, 0.717) is 13.2 Å². The molecule has 22 heavy (non-hydrogen) atoms. The Labute approximate surface area is 133 Å². The van der Waals surface area contributed by atoms with Crippen LogP contribution in [0.4, 0.5) is 4.79 Å². The largest absolute Gasteiger partial charge is 0.445 e. The Morgan fingerprint density at radius 2 is 1.91 bits per heavy atom. The number of carbonyl (C=O) groups is 1. The van der Waals surface area contributed by atoms with Gasteiger partial charge in [-0.25, -0.2) is 4.79 Å². The molecule has 0 aliphatic heterocycles. The van der Waals surface area contributed by atoms with Crippen LogP contribution in [0.1, 0.15) is 44.1 Å². The van der Waals surface area contributed by atoms with Crippen LogP contribution in [-0.4, -0.2) is 19.2 Å². The van der Waals surface area contributed by atoms with Crippen molar-refractivity contribution in [3.63, 3.8) is 0 Å². The molecule has 4 nitrogen and oxygen atoms in total. The molecule has 2 rings (SSSR count). The van der Waals surface area contributed by atoms with Gasteiger partial charge in [0.05, 0.1) is 0 Å². The van der Waals surface area contributed by atoms with Crippen LogP contribution in [0.3, 0.4) is 0 Å². The molecule has 1 fully saturated rings. The fourth-order valence-electron chi connectivity index (χ4n) is 3.31. The van der Waals surface area contributed by atoms with E-state index in [9.17, 15) is 4.79 Å². The van der Waals surface area contributed by atoms with Gasteiger partial charge in [0.2, 0.25) is 0 Å². The molecule has 1 aliphatic rings. The minimum atomic E-state index is -0.321. The highest BCUT2D eigenvalue weighted by Gasteiger charge is 2.21. The van der Waals surface area contributed by atoms with Gasteiger partial charge in [0.25, 0.3) is 0 Å². The molecule has 1 saturated carbocycles. The van der Waals surface area contributed by atoms with Crippen LogP contribution >= 0.6 is 0 Å². The first-order valence-electron chi connectivity index (χ1n) is 8.42. The molecule has 0 spiro atoms. The van der Waals surface area contributed by atoms with Crippen molar-refractivity contribution in [3.8, 4) is 0 Å². The Morgan fingerprint density at radius 3 is 2.64 bits per heavy atom. The summed E-state index contributed by atoms with van der Waals surface area (Å²) in [6.45, 7) is 1.82. The summed E-state index contributed by atoms with van der Waals surface area (Å²) in [5.41, 5.74) is 6.66. The third-order valence-electron chi connectivity index (χ3n) is 4.50. The number of rotatable bonds is 7. The maximum absolute atomic E-state index is 11.7. The smallest absolute Gasteiger partial charge is 0.407 e. The Hall–Kier alpha value is -1.55. The lowest BCUT2D eigenvalue weighted by Crippen LogP contribution is -2.28. The van der Waals surface area contributed by atoms with E-state index in [1.807, 2.05) is 30.3 Å². The van der Waals surface area contributed by atoms with Crippen molar-refractivity contribution in [2.75, 3.05) is 13.1 Å². The van der Waals surface area contributed by atoms with Gasteiger partial charge >= 0.3 is 6.09 Å². The summed E-state index contributed by atoms with van der Waals surface area (Å²) in [7, 11) is 0. The van der Waals surface area contributed by atoms with Gasteiger partial charge in [0.1, 0.15) is 6.61 Å². The number of amides is 1. The molecular weight excluding hydrogens is 276 g/mol. The van der Waals surface area contributed by atoms with E-state index in [-0.39, 0.29) is 6.09 Å². The van der Waals surface area contributed by atoms with Gasteiger partial charge in [-0.3, -0.25) is 0 Å². The van der Waals surface area contributed by atoms with Gasteiger partial charge in [-0.2, -0.15) is 0 Å². The maximum atomic E-state index is 11.7. The summed E-state index contributed by atoms with van der Waals surface area (Å²) < 4.78 is 5.21. The van der Waals surface area contributed by atoms with Gasteiger partial charge in [-0.05, 0) is 43.2 Å².